The second kappa shape index (κ2) is 4.73. The molecule has 0 fully saturated rings. The molecule has 0 bridgehead atoms. The third kappa shape index (κ3) is 2.39. The van der Waals surface area contributed by atoms with Crippen LogP contribution in [0.25, 0.3) is 0 Å². The Balaban J connectivity index is 2.92. The summed E-state index contributed by atoms with van der Waals surface area (Å²) in [6.45, 7) is 2.61. The first kappa shape index (κ1) is 9.87. The lowest BCUT2D eigenvalue weighted by Crippen LogP contribution is -1.95. The molecule has 0 spiro atoms. The number of hydrogen-bond acceptors (Lipinski definition) is 1. The average molecular weight is 250 g/mol. The van der Waals surface area contributed by atoms with Gasteiger partial charge in [0.25, 0.3) is 0 Å². The Hall–Kier alpha value is -0.210. The Morgan fingerprint density at radius 2 is 2.17 bits per heavy atom. The third-order valence-electron chi connectivity index (χ3n) is 1.45. The Bertz CT molecular complexity index is 250. The highest BCUT2D eigenvalue weighted by atomic mass is 79.9. The molecule has 0 aromatic heterocycles. The molecule has 3 heteroatoms. The maximum Gasteiger partial charge on any atom is 0.124 e. The zero-order valence-electron chi connectivity index (χ0n) is 6.76. The van der Waals surface area contributed by atoms with Gasteiger partial charge in [0.1, 0.15) is 10.0 Å². The molecule has 0 aliphatic carbocycles. The summed E-state index contributed by atoms with van der Waals surface area (Å²) in [5.74, 6) is 0.844. The fraction of sp³-hybridized carbons (Fsp3) is 0.333. The van der Waals surface area contributed by atoms with Crippen LogP contribution in [0, 0.1) is 0 Å². The summed E-state index contributed by atoms with van der Waals surface area (Å²) < 4.78 is 5.20. The van der Waals surface area contributed by atoms with Gasteiger partial charge in [-0.2, -0.15) is 0 Å². The molecule has 1 unspecified atom stereocenters. The predicted molar refractivity (Wildman–Crippen MR) is 55.1 cm³/mol. The SMILES string of the molecule is CCOc1ccccc1C(Cl)Br. The minimum atomic E-state index is -0.180. The maximum atomic E-state index is 5.88. The topological polar surface area (TPSA) is 9.23 Å². The number of hydrogen-bond donors (Lipinski definition) is 0. The second-order valence-corrected chi connectivity index (χ2v) is 4.15. The van der Waals surface area contributed by atoms with Gasteiger partial charge in [0.05, 0.1) is 6.61 Å². The number of ether oxygens (including phenoxy) is 1. The lowest BCUT2D eigenvalue weighted by Gasteiger charge is -2.09. The predicted octanol–water partition coefficient (Wildman–Crippen LogP) is 3.72. The molecule has 0 amide bonds. The molecular formula is C9H10BrClO. The zero-order valence-corrected chi connectivity index (χ0v) is 9.10. The second-order valence-electron chi connectivity index (χ2n) is 2.27. The molecule has 0 aliphatic heterocycles. The van der Waals surface area contributed by atoms with E-state index in [1.54, 1.807) is 0 Å². The quantitative estimate of drug-likeness (QED) is 0.742. The molecule has 0 radical (unpaired) electrons. The molecule has 1 nitrogen and oxygen atoms in total. The number of alkyl halides is 2. The molecule has 0 heterocycles. The van der Waals surface area contributed by atoms with Crippen molar-refractivity contribution < 1.29 is 4.74 Å². The molecule has 1 atom stereocenters. The van der Waals surface area contributed by atoms with Crippen molar-refractivity contribution in [2.75, 3.05) is 6.61 Å². The van der Waals surface area contributed by atoms with Gasteiger partial charge in [-0.3, -0.25) is 0 Å². The van der Waals surface area contributed by atoms with Gasteiger partial charge in [-0.05, 0) is 13.0 Å². The summed E-state index contributed by atoms with van der Waals surface area (Å²) >= 11 is 9.17. The van der Waals surface area contributed by atoms with Crippen molar-refractivity contribution in [1.82, 2.24) is 0 Å². The van der Waals surface area contributed by atoms with E-state index in [1.807, 2.05) is 31.2 Å². The summed E-state index contributed by atoms with van der Waals surface area (Å²) in [6.07, 6.45) is 0. The van der Waals surface area contributed by atoms with Crippen molar-refractivity contribution in [2.24, 2.45) is 0 Å². The fourth-order valence-corrected chi connectivity index (χ4v) is 1.51. The Labute approximate surface area is 85.8 Å². The molecule has 0 saturated carbocycles. The van der Waals surface area contributed by atoms with Crippen molar-refractivity contribution in [1.29, 1.82) is 0 Å². The van der Waals surface area contributed by atoms with Crippen molar-refractivity contribution in [3.8, 4) is 5.75 Å². The van der Waals surface area contributed by atoms with Crippen molar-refractivity contribution in [2.45, 2.75) is 11.2 Å². The molecule has 0 N–H and O–H groups in total. The van der Waals surface area contributed by atoms with Crippen LogP contribution in [-0.2, 0) is 0 Å². The van der Waals surface area contributed by atoms with E-state index in [4.69, 9.17) is 16.3 Å². The van der Waals surface area contributed by atoms with Crippen LogP contribution in [0.15, 0.2) is 24.3 Å². The van der Waals surface area contributed by atoms with Gasteiger partial charge in [-0.25, -0.2) is 0 Å². The van der Waals surface area contributed by atoms with Gasteiger partial charge in [-0.15, -0.1) is 11.6 Å². The van der Waals surface area contributed by atoms with Crippen LogP contribution in [-0.4, -0.2) is 6.61 Å². The van der Waals surface area contributed by atoms with Crippen LogP contribution in [0.3, 0.4) is 0 Å². The normalized spacial score (nSPS) is 12.6. The molecule has 1 aromatic carbocycles. The fourth-order valence-electron chi connectivity index (χ4n) is 0.948. The molecule has 66 valence electrons. The third-order valence-corrected chi connectivity index (χ3v) is 2.18. The van der Waals surface area contributed by atoms with E-state index in [-0.39, 0.29) is 4.29 Å². The van der Waals surface area contributed by atoms with Crippen LogP contribution < -0.4 is 4.74 Å². The van der Waals surface area contributed by atoms with Crippen LogP contribution in [0.2, 0.25) is 0 Å². The molecule has 0 aliphatic rings. The summed E-state index contributed by atoms with van der Waals surface area (Å²) in [5, 5.41) is 0. The van der Waals surface area contributed by atoms with Gasteiger partial charge in [0.2, 0.25) is 0 Å². The first-order valence-electron chi connectivity index (χ1n) is 3.75. The van der Waals surface area contributed by atoms with Crippen LogP contribution in [0.5, 0.6) is 5.75 Å². The maximum absolute atomic E-state index is 5.88. The van der Waals surface area contributed by atoms with Crippen LogP contribution in [0.4, 0.5) is 0 Å². The summed E-state index contributed by atoms with van der Waals surface area (Å²) in [7, 11) is 0. The highest BCUT2D eigenvalue weighted by Gasteiger charge is 2.08. The van der Waals surface area contributed by atoms with Crippen molar-refractivity contribution >= 4 is 27.5 Å². The van der Waals surface area contributed by atoms with E-state index in [9.17, 15) is 0 Å². The molecular weight excluding hydrogens is 239 g/mol. The Morgan fingerprint density at radius 3 is 2.75 bits per heavy atom. The van der Waals surface area contributed by atoms with E-state index in [0.717, 1.165) is 11.3 Å². The number of rotatable bonds is 3. The van der Waals surface area contributed by atoms with E-state index in [1.165, 1.54) is 0 Å². The first-order valence-corrected chi connectivity index (χ1v) is 5.10. The highest BCUT2D eigenvalue weighted by molar-refractivity contribution is 9.09. The minimum absolute atomic E-state index is 0.180. The zero-order chi connectivity index (χ0) is 8.97. The lowest BCUT2D eigenvalue weighted by molar-refractivity contribution is 0.337. The van der Waals surface area contributed by atoms with Crippen molar-refractivity contribution in [3.63, 3.8) is 0 Å². The van der Waals surface area contributed by atoms with E-state index >= 15 is 0 Å². The highest BCUT2D eigenvalue weighted by Crippen LogP contribution is 2.33. The Morgan fingerprint density at radius 1 is 1.50 bits per heavy atom. The largest absolute Gasteiger partial charge is 0.494 e. The van der Waals surface area contributed by atoms with E-state index < -0.39 is 0 Å². The molecule has 1 aromatic rings. The minimum Gasteiger partial charge on any atom is -0.494 e. The van der Waals surface area contributed by atoms with Gasteiger partial charge >= 0.3 is 0 Å². The molecule has 1 rings (SSSR count). The smallest absolute Gasteiger partial charge is 0.124 e. The van der Waals surface area contributed by atoms with Gasteiger partial charge in [0.15, 0.2) is 0 Å². The van der Waals surface area contributed by atoms with E-state index in [0.29, 0.717) is 6.61 Å². The summed E-state index contributed by atoms with van der Waals surface area (Å²) in [5.41, 5.74) is 0.973. The lowest BCUT2D eigenvalue weighted by atomic mass is 10.2. The van der Waals surface area contributed by atoms with Crippen LogP contribution >= 0.6 is 27.5 Å². The summed E-state index contributed by atoms with van der Waals surface area (Å²) in [6, 6.07) is 7.72. The van der Waals surface area contributed by atoms with Gasteiger partial charge in [-0.1, -0.05) is 34.1 Å². The average Bonchev–Trinajstić information content (AvgIpc) is 2.05. The first-order chi connectivity index (χ1) is 5.75. The van der Waals surface area contributed by atoms with Crippen molar-refractivity contribution in [3.05, 3.63) is 29.8 Å². The van der Waals surface area contributed by atoms with Gasteiger partial charge in [0, 0.05) is 5.56 Å². The van der Waals surface area contributed by atoms with E-state index in [2.05, 4.69) is 15.9 Å². The molecule has 0 saturated heterocycles. The van der Waals surface area contributed by atoms with Crippen LogP contribution in [0.1, 0.15) is 16.8 Å². The number of benzene rings is 1. The number of para-hydroxylation sites is 1. The monoisotopic (exact) mass is 248 g/mol. The number of halogens is 2. The standard InChI is InChI=1S/C9H10BrClO/c1-2-12-8-6-4-3-5-7(8)9(10)11/h3-6,9H,2H2,1H3. The Kier molecular flexibility index (Phi) is 3.89. The van der Waals surface area contributed by atoms with Gasteiger partial charge < -0.3 is 4.74 Å². The molecule has 12 heavy (non-hydrogen) atoms. The summed E-state index contributed by atoms with van der Waals surface area (Å²) in [4.78, 5) is 0.